The van der Waals surface area contributed by atoms with Crippen LogP contribution in [0.4, 0.5) is 11.4 Å². The van der Waals surface area contributed by atoms with E-state index in [9.17, 15) is 4.79 Å². The van der Waals surface area contributed by atoms with Gasteiger partial charge in [0.15, 0.2) is 6.29 Å². The summed E-state index contributed by atoms with van der Waals surface area (Å²) < 4.78 is 10.5. The first-order chi connectivity index (χ1) is 9.53. The largest absolute Gasteiger partial charge is 0.377 e. The summed E-state index contributed by atoms with van der Waals surface area (Å²) in [5.74, 6) is 0.00459. The summed E-state index contributed by atoms with van der Waals surface area (Å²) in [5, 5.41) is 6.23. The SMILES string of the molecule is CCC(=O)Nc1cccc(NC(C)C(OC)OC)c1C. The Morgan fingerprint density at radius 1 is 1.25 bits per heavy atom. The average molecular weight is 280 g/mol. The van der Waals surface area contributed by atoms with E-state index in [4.69, 9.17) is 9.47 Å². The molecular formula is C15H24N2O3. The third kappa shape index (κ3) is 4.21. The molecule has 0 aliphatic heterocycles. The molecule has 0 saturated carbocycles. The van der Waals surface area contributed by atoms with Crippen molar-refractivity contribution in [3.63, 3.8) is 0 Å². The minimum Gasteiger partial charge on any atom is -0.377 e. The number of amides is 1. The number of hydrogen-bond donors (Lipinski definition) is 2. The Bertz CT molecular complexity index is 445. The summed E-state index contributed by atoms with van der Waals surface area (Å²) in [6.07, 6.45) is 0.131. The van der Waals surface area contributed by atoms with Crippen LogP contribution in [0.1, 0.15) is 25.8 Å². The van der Waals surface area contributed by atoms with E-state index < -0.39 is 0 Å². The van der Waals surface area contributed by atoms with Gasteiger partial charge in [0, 0.05) is 32.0 Å². The monoisotopic (exact) mass is 280 g/mol. The number of ether oxygens (including phenoxy) is 2. The topological polar surface area (TPSA) is 59.6 Å². The summed E-state index contributed by atoms with van der Waals surface area (Å²) in [6.45, 7) is 5.78. The minimum atomic E-state index is -0.330. The van der Waals surface area contributed by atoms with E-state index in [1.54, 1.807) is 14.2 Å². The smallest absolute Gasteiger partial charge is 0.224 e. The summed E-state index contributed by atoms with van der Waals surface area (Å²) in [5.41, 5.74) is 2.76. The molecule has 0 saturated heterocycles. The van der Waals surface area contributed by atoms with E-state index in [-0.39, 0.29) is 18.2 Å². The third-order valence-electron chi connectivity index (χ3n) is 3.19. The van der Waals surface area contributed by atoms with E-state index in [2.05, 4.69) is 10.6 Å². The van der Waals surface area contributed by atoms with Crippen molar-refractivity contribution in [2.75, 3.05) is 24.9 Å². The van der Waals surface area contributed by atoms with Gasteiger partial charge in [0.05, 0.1) is 6.04 Å². The van der Waals surface area contributed by atoms with Crippen LogP contribution in [-0.2, 0) is 14.3 Å². The van der Waals surface area contributed by atoms with Crippen molar-refractivity contribution in [1.82, 2.24) is 0 Å². The zero-order valence-electron chi connectivity index (χ0n) is 12.8. The molecule has 0 fully saturated rings. The highest BCUT2D eigenvalue weighted by atomic mass is 16.7. The summed E-state index contributed by atoms with van der Waals surface area (Å²) in [6, 6.07) is 5.75. The Morgan fingerprint density at radius 2 is 1.85 bits per heavy atom. The highest BCUT2D eigenvalue weighted by molar-refractivity contribution is 5.92. The van der Waals surface area contributed by atoms with E-state index >= 15 is 0 Å². The lowest BCUT2D eigenvalue weighted by molar-refractivity contribution is -0.115. The molecule has 0 bridgehead atoms. The maximum atomic E-state index is 11.5. The quantitative estimate of drug-likeness (QED) is 0.754. The highest BCUT2D eigenvalue weighted by Crippen LogP contribution is 2.24. The Labute approximate surface area is 120 Å². The summed E-state index contributed by atoms with van der Waals surface area (Å²) in [4.78, 5) is 11.5. The lowest BCUT2D eigenvalue weighted by Gasteiger charge is -2.24. The van der Waals surface area contributed by atoms with Crippen molar-refractivity contribution < 1.29 is 14.3 Å². The molecule has 5 nitrogen and oxygen atoms in total. The molecule has 20 heavy (non-hydrogen) atoms. The number of carbonyl (C=O) groups is 1. The fourth-order valence-electron chi connectivity index (χ4n) is 1.98. The van der Waals surface area contributed by atoms with Crippen molar-refractivity contribution >= 4 is 17.3 Å². The molecule has 1 amide bonds. The van der Waals surface area contributed by atoms with Crippen LogP contribution in [0.25, 0.3) is 0 Å². The van der Waals surface area contributed by atoms with Gasteiger partial charge in [-0.1, -0.05) is 13.0 Å². The maximum absolute atomic E-state index is 11.5. The van der Waals surface area contributed by atoms with Gasteiger partial charge in [0.1, 0.15) is 0 Å². The Balaban J connectivity index is 2.86. The molecule has 5 heteroatoms. The molecule has 1 aromatic rings. The average Bonchev–Trinajstić information content (AvgIpc) is 2.44. The van der Waals surface area contributed by atoms with Gasteiger partial charge >= 0.3 is 0 Å². The molecule has 1 rings (SSSR count). The zero-order valence-corrected chi connectivity index (χ0v) is 12.8. The molecule has 2 N–H and O–H groups in total. The van der Waals surface area contributed by atoms with Crippen LogP contribution < -0.4 is 10.6 Å². The molecule has 0 aromatic heterocycles. The first kappa shape index (κ1) is 16.5. The van der Waals surface area contributed by atoms with E-state index in [0.717, 1.165) is 16.9 Å². The lowest BCUT2D eigenvalue weighted by Crippen LogP contribution is -2.34. The van der Waals surface area contributed by atoms with E-state index in [0.29, 0.717) is 6.42 Å². The predicted molar refractivity (Wildman–Crippen MR) is 81.0 cm³/mol. The van der Waals surface area contributed by atoms with Crippen LogP contribution >= 0.6 is 0 Å². The van der Waals surface area contributed by atoms with Crippen molar-refractivity contribution in [2.45, 2.75) is 39.5 Å². The van der Waals surface area contributed by atoms with Crippen LogP contribution in [0, 0.1) is 6.92 Å². The normalized spacial score (nSPS) is 12.3. The second-order valence-corrected chi connectivity index (χ2v) is 4.65. The van der Waals surface area contributed by atoms with Gasteiger partial charge in [-0.2, -0.15) is 0 Å². The van der Waals surface area contributed by atoms with Crippen LogP contribution in [0.2, 0.25) is 0 Å². The van der Waals surface area contributed by atoms with Gasteiger partial charge in [-0.3, -0.25) is 4.79 Å². The molecular weight excluding hydrogens is 256 g/mol. The molecule has 0 aliphatic rings. The Morgan fingerprint density at radius 3 is 2.40 bits per heavy atom. The fourth-order valence-corrected chi connectivity index (χ4v) is 1.98. The molecule has 1 unspecified atom stereocenters. The number of rotatable bonds is 7. The maximum Gasteiger partial charge on any atom is 0.224 e. The molecule has 0 radical (unpaired) electrons. The van der Waals surface area contributed by atoms with Crippen molar-refractivity contribution in [1.29, 1.82) is 0 Å². The van der Waals surface area contributed by atoms with Crippen LogP contribution in [0.3, 0.4) is 0 Å². The molecule has 1 atom stereocenters. The molecule has 0 aliphatic carbocycles. The second-order valence-electron chi connectivity index (χ2n) is 4.65. The Hall–Kier alpha value is -1.59. The van der Waals surface area contributed by atoms with E-state index in [1.807, 2.05) is 39.0 Å². The van der Waals surface area contributed by atoms with E-state index in [1.165, 1.54) is 0 Å². The van der Waals surface area contributed by atoms with Crippen LogP contribution in [0.15, 0.2) is 18.2 Å². The standard InChI is InChI=1S/C15H24N2O3/c1-6-14(18)17-13-9-7-8-12(10(13)2)16-11(3)15(19-4)20-5/h7-9,11,15-16H,6H2,1-5H3,(H,17,18). The van der Waals surface area contributed by atoms with Crippen LogP contribution in [0.5, 0.6) is 0 Å². The van der Waals surface area contributed by atoms with Gasteiger partial charge < -0.3 is 20.1 Å². The second kappa shape index (κ2) is 7.87. The summed E-state index contributed by atoms with van der Waals surface area (Å²) in [7, 11) is 3.22. The number of nitrogens with one attached hydrogen (secondary N) is 2. The first-order valence-corrected chi connectivity index (χ1v) is 6.75. The lowest BCUT2D eigenvalue weighted by atomic mass is 10.1. The van der Waals surface area contributed by atoms with Crippen LogP contribution in [-0.4, -0.2) is 32.5 Å². The first-order valence-electron chi connectivity index (χ1n) is 6.75. The molecule has 0 spiro atoms. The fraction of sp³-hybridized carbons (Fsp3) is 0.533. The van der Waals surface area contributed by atoms with Crippen molar-refractivity contribution in [2.24, 2.45) is 0 Å². The third-order valence-corrected chi connectivity index (χ3v) is 3.19. The molecule has 0 heterocycles. The minimum absolute atomic E-state index is 0.00459. The summed E-state index contributed by atoms with van der Waals surface area (Å²) >= 11 is 0. The number of methoxy groups -OCH3 is 2. The number of carbonyl (C=O) groups excluding carboxylic acids is 1. The number of benzene rings is 1. The van der Waals surface area contributed by atoms with Gasteiger partial charge in [0.2, 0.25) is 5.91 Å². The van der Waals surface area contributed by atoms with Gasteiger partial charge in [-0.05, 0) is 31.5 Å². The highest BCUT2D eigenvalue weighted by Gasteiger charge is 2.16. The van der Waals surface area contributed by atoms with Gasteiger partial charge in [0.25, 0.3) is 0 Å². The molecule has 112 valence electrons. The zero-order chi connectivity index (χ0) is 15.1. The number of anilines is 2. The Kier molecular flexibility index (Phi) is 6.48. The number of hydrogen-bond acceptors (Lipinski definition) is 4. The molecule has 1 aromatic carbocycles. The van der Waals surface area contributed by atoms with Gasteiger partial charge in [-0.25, -0.2) is 0 Å². The van der Waals surface area contributed by atoms with Gasteiger partial charge in [-0.15, -0.1) is 0 Å². The predicted octanol–water partition coefficient (Wildman–Crippen LogP) is 2.76. The van der Waals surface area contributed by atoms with Crippen molar-refractivity contribution in [3.8, 4) is 0 Å². The van der Waals surface area contributed by atoms with Crippen molar-refractivity contribution in [3.05, 3.63) is 23.8 Å².